The lowest BCUT2D eigenvalue weighted by Gasteiger charge is -2.38. The van der Waals surface area contributed by atoms with E-state index in [-0.39, 0.29) is 17.7 Å². The summed E-state index contributed by atoms with van der Waals surface area (Å²) in [5, 5.41) is 18.8. The predicted molar refractivity (Wildman–Crippen MR) is 85.8 cm³/mol. The van der Waals surface area contributed by atoms with E-state index in [0.717, 1.165) is 0 Å². The van der Waals surface area contributed by atoms with Crippen molar-refractivity contribution in [1.29, 1.82) is 0 Å². The number of phenolic OH excluding ortho intramolecular Hbond substituents is 1. The minimum Gasteiger partial charge on any atom is -0.508 e. The number of rotatable bonds is 2. The third-order valence-electron chi connectivity index (χ3n) is 4.22. The average Bonchev–Trinajstić information content (AvgIpc) is 2.54. The van der Waals surface area contributed by atoms with E-state index in [1.165, 1.54) is 12.1 Å². The highest BCUT2D eigenvalue weighted by atomic mass is 16.4. The van der Waals surface area contributed by atoms with Gasteiger partial charge in [-0.05, 0) is 49.2 Å². The Morgan fingerprint density at radius 3 is 2.39 bits per heavy atom. The van der Waals surface area contributed by atoms with Crippen molar-refractivity contribution in [1.82, 2.24) is 0 Å². The van der Waals surface area contributed by atoms with Gasteiger partial charge in [-0.15, -0.1) is 0 Å². The summed E-state index contributed by atoms with van der Waals surface area (Å²) < 4.78 is 0. The lowest BCUT2D eigenvalue weighted by molar-refractivity contribution is -0.139. The molecule has 0 aromatic heterocycles. The maximum absolute atomic E-state index is 12.9. The van der Waals surface area contributed by atoms with Gasteiger partial charge in [0.2, 0.25) is 0 Å². The Labute approximate surface area is 133 Å². The molecule has 0 fully saturated rings. The smallest absolute Gasteiger partial charge is 0.311 e. The Morgan fingerprint density at radius 2 is 1.74 bits per heavy atom. The zero-order valence-electron chi connectivity index (χ0n) is 12.6. The van der Waals surface area contributed by atoms with Crippen LogP contribution >= 0.6 is 0 Å². The standard InChI is InChI=1S/C18H17NO4/c1-11-10-15(18(22)23)14-4-2-3-5-16(14)19(11)17(21)12-6-8-13(20)9-7-12/h2-9,11,15,20H,10H2,1H3,(H,22,23). The number of amides is 1. The van der Waals surface area contributed by atoms with Crippen molar-refractivity contribution < 1.29 is 19.8 Å². The molecule has 5 heteroatoms. The molecule has 0 aliphatic carbocycles. The van der Waals surface area contributed by atoms with Crippen molar-refractivity contribution in [2.75, 3.05) is 4.90 Å². The van der Waals surface area contributed by atoms with E-state index in [1.807, 2.05) is 6.92 Å². The van der Waals surface area contributed by atoms with Gasteiger partial charge in [-0.2, -0.15) is 0 Å². The van der Waals surface area contributed by atoms with Gasteiger partial charge in [-0.25, -0.2) is 0 Å². The number of aromatic hydroxyl groups is 1. The second kappa shape index (κ2) is 5.76. The summed E-state index contributed by atoms with van der Waals surface area (Å²) in [5.41, 5.74) is 1.75. The number of hydrogen-bond donors (Lipinski definition) is 2. The van der Waals surface area contributed by atoms with Gasteiger partial charge < -0.3 is 15.1 Å². The van der Waals surface area contributed by atoms with Crippen LogP contribution in [-0.2, 0) is 4.79 Å². The fraction of sp³-hybridized carbons (Fsp3) is 0.222. The highest BCUT2D eigenvalue weighted by Crippen LogP contribution is 2.39. The maximum Gasteiger partial charge on any atom is 0.311 e. The first kappa shape index (κ1) is 15.1. The molecule has 0 saturated carbocycles. The minimum atomic E-state index is -0.874. The van der Waals surface area contributed by atoms with Crippen LogP contribution in [0.1, 0.15) is 35.2 Å². The summed E-state index contributed by atoms with van der Waals surface area (Å²) in [6.45, 7) is 1.85. The first-order valence-electron chi connectivity index (χ1n) is 7.43. The Morgan fingerprint density at radius 1 is 1.09 bits per heavy atom. The van der Waals surface area contributed by atoms with Crippen molar-refractivity contribution in [3.63, 3.8) is 0 Å². The molecule has 3 rings (SSSR count). The molecule has 5 nitrogen and oxygen atoms in total. The van der Waals surface area contributed by atoms with Gasteiger partial charge in [0, 0.05) is 17.3 Å². The molecule has 2 atom stereocenters. The fourth-order valence-electron chi connectivity index (χ4n) is 3.10. The number of anilines is 1. The zero-order valence-corrected chi connectivity index (χ0v) is 12.6. The first-order valence-corrected chi connectivity index (χ1v) is 7.43. The summed E-state index contributed by atoms with van der Waals surface area (Å²) in [4.78, 5) is 26.0. The molecule has 2 aromatic rings. The summed E-state index contributed by atoms with van der Waals surface area (Å²) >= 11 is 0. The van der Waals surface area contributed by atoms with E-state index in [4.69, 9.17) is 0 Å². The largest absolute Gasteiger partial charge is 0.508 e. The first-order chi connectivity index (χ1) is 11.0. The van der Waals surface area contributed by atoms with Gasteiger partial charge in [0.25, 0.3) is 5.91 Å². The monoisotopic (exact) mass is 311 g/mol. The highest BCUT2D eigenvalue weighted by molar-refractivity contribution is 6.07. The highest BCUT2D eigenvalue weighted by Gasteiger charge is 2.37. The van der Waals surface area contributed by atoms with Gasteiger partial charge in [-0.3, -0.25) is 9.59 Å². The molecule has 1 aliphatic rings. The van der Waals surface area contributed by atoms with Gasteiger partial charge >= 0.3 is 5.97 Å². The van der Waals surface area contributed by atoms with Gasteiger partial charge in [0.05, 0.1) is 5.92 Å². The molecule has 0 radical (unpaired) electrons. The second-order valence-electron chi connectivity index (χ2n) is 5.76. The maximum atomic E-state index is 12.9. The molecule has 2 aromatic carbocycles. The Bertz CT molecular complexity index is 754. The summed E-state index contributed by atoms with van der Waals surface area (Å²) in [5.74, 6) is -1.58. The number of para-hydroxylation sites is 1. The van der Waals surface area contributed by atoms with E-state index >= 15 is 0 Å². The molecule has 118 valence electrons. The van der Waals surface area contributed by atoms with Crippen LogP contribution in [0.3, 0.4) is 0 Å². The lowest BCUT2D eigenvalue weighted by atomic mass is 9.85. The molecule has 0 bridgehead atoms. The third kappa shape index (κ3) is 2.65. The molecule has 0 saturated heterocycles. The Balaban J connectivity index is 2.05. The molecule has 1 amide bonds. The van der Waals surface area contributed by atoms with Crippen LogP contribution in [0.2, 0.25) is 0 Å². The fourth-order valence-corrected chi connectivity index (χ4v) is 3.10. The van der Waals surface area contributed by atoms with Gasteiger partial charge in [0.1, 0.15) is 5.75 Å². The molecule has 1 aliphatic heterocycles. The molecule has 23 heavy (non-hydrogen) atoms. The van der Waals surface area contributed by atoms with Crippen LogP contribution in [0, 0.1) is 0 Å². The summed E-state index contributed by atoms with van der Waals surface area (Å²) in [6.07, 6.45) is 0.371. The SMILES string of the molecule is CC1CC(C(=O)O)c2ccccc2N1C(=O)c1ccc(O)cc1. The molecular weight excluding hydrogens is 294 g/mol. The minimum absolute atomic E-state index is 0.0968. The second-order valence-corrected chi connectivity index (χ2v) is 5.76. The van der Waals surface area contributed by atoms with Crippen molar-refractivity contribution in [3.8, 4) is 5.75 Å². The summed E-state index contributed by atoms with van der Waals surface area (Å²) in [6, 6.07) is 13.0. The van der Waals surface area contributed by atoms with Crippen molar-refractivity contribution in [3.05, 3.63) is 59.7 Å². The van der Waals surface area contributed by atoms with Crippen LogP contribution in [0.5, 0.6) is 5.75 Å². The number of phenols is 1. The van der Waals surface area contributed by atoms with E-state index < -0.39 is 11.9 Å². The number of carboxylic acids is 1. The van der Waals surface area contributed by atoms with E-state index in [0.29, 0.717) is 23.2 Å². The van der Waals surface area contributed by atoms with Crippen molar-refractivity contribution in [2.24, 2.45) is 0 Å². The number of benzene rings is 2. The average molecular weight is 311 g/mol. The van der Waals surface area contributed by atoms with E-state index in [1.54, 1.807) is 41.3 Å². The molecule has 0 spiro atoms. The topological polar surface area (TPSA) is 77.8 Å². The van der Waals surface area contributed by atoms with Crippen LogP contribution in [-0.4, -0.2) is 28.1 Å². The molecule has 2 unspecified atom stereocenters. The van der Waals surface area contributed by atoms with Crippen LogP contribution in [0.25, 0.3) is 0 Å². The number of aliphatic carboxylic acids is 1. The number of carbonyl (C=O) groups is 2. The Hall–Kier alpha value is -2.82. The van der Waals surface area contributed by atoms with Crippen LogP contribution in [0.4, 0.5) is 5.69 Å². The van der Waals surface area contributed by atoms with Crippen molar-refractivity contribution in [2.45, 2.75) is 25.3 Å². The lowest BCUT2D eigenvalue weighted by Crippen LogP contribution is -2.44. The number of carbonyl (C=O) groups excluding carboxylic acids is 1. The predicted octanol–water partition coefficient (Wildman–Crippen LogP) is 3.00. The van der Waals surface area contributed by atoms with E-state index in [9.17, 15) is 19.8 Å². The normalized spacial score (nSPS) is 20.0. The molecular formula is C18H17NO4. The van der Waals surface area contributed by atoms with Crippen LogP contribution < -0.4 is 4.90 Å². The Kier molecular flexibility index (Phi) is 3.78. The van der Waals surface area contributed by atoms with Crippen LogP contribution in [0.15, 0.2) is 48.5 Å². The number of hydrogen-bond acceptors (Lipinski definition) is 3. The quantitative estimate of drug-likeness (QED) is 0.893. The summed E-state index contributed by atoms with van der Waals surface area (Å²) in [7, 11) is 0. The van der Waals surface area contributed by atoms with Crippen molar-refractivity contribution >= 4 is 17.6 Å². The van der Waals surface area contributed by atoms with Gasteiger partial charge in [0.15, 0.2) is 0 Å². The van der Waals surface area contributed by atoms with Gasteiger partial charge in [-0.1, -0.05) is 18.2 Å². The van der Waals surface area contributed by atoms with E-state index in [2.05, 4.69) is 0 Å². The number of carboxylic acid groups (broad SMARTS) is 1. The third-order valence-corrected chi connectivity index (χ3v) is 4.22. The number of nitrogens with zero attached hydrogens (tertiary/aromatic N) is 1. The number of fused-ring (bicyclic) bond motifs is 1. The molecule has 1 heterocycles. The zero-order chi connectivity index (χ0) is 16.6. The molecule has 2 N–H and O–H groups in total.